The molecule has 1 N–H and O–H groups in total. The molecule has 0 fully saturated rings. The van der Waals surface area contributed by atoms with Crippen molar-refractivity contribution in [2.45, 2.75) is 0 Å². The molecule has 0 aliphatic carbocycles. The topological polar surface area (TPSA) is 54.9 Å². The first-order valence-corrected chi connectivity index (χ1v) is 8.27. The van der Waals surface area contributed by atoms with Crippen molar-refractivity contribution < 1.29 is 4.79 Å². The standard InChI is InChI=1S/C15H9BrClN3OS/c16-10-5-3-4-9(8-10)13(21)18-15-20-19-14(22-15)11-6-1-2-7-12(11)17/h1-8H,(H,18,20,21). The molecule has 1 amide bonds. The molecule has 110 valence electrons. The molecule has 0 spiro atoms. The van der Waals surface area contributed by atoms with E-state index in [-0.39, 0.29) is 5.91 Å². The number of nitrogens with one attached hydrogen (secondary N) is 1. The molecular weight excluding hydrogens is 386 g/mol. The summed E-state index contributed by atoms with van der Waals surface area (Å²) in [6.07, 6.45) is 0. The Hall–Kier alpha value is -1.76. The molecule has 22 heavy (non-hydrogen) atoms. The number of hydrogen-bond acceptors (Lipinski definition) is 4. The third kappa shape index (κ3) is 3.35. The van der Waals surface area contributed by atoms with E-state index in [1.807, 2.05) is 24.3 Å². The van der Waals surface area contributed by atoms with Crippen molar-refractivity contribution in [3.8, 4) is 10.6 Å². The van der Waals surface area contributed by atoms with Gasteiger partial charge in [0.25, 0.3) is 5.91 Å². The lowest BCUT2D eigenvalue weighted by Gasteiger charge is -2.01. The Kier molecular flexibility index (Phi) is 4.52. The number of benzene rings is 2. The minimum atomic E-state index is -0.233. The summed E-state index contributed by atoms with van der Waals surface area (Å²) in [5.41, 5.74) is 1.34. The van der Waals surface area contributed by atoms with Gasteiger partial charge in [0.1, 0.15) is 0 Å². The van der Waals surface area contributed by atoms with Gasteiger partial charge in [-0.25, -0.2) is 0 Å². The SMILES string of the molecule is O=C(Nc1nnc(-c2ccccc2Cl)s1)c1cccc(Br)c1. The van der Waals surface area contributed by atoms with Gasteiger partial charge in [0.15, 0.2) is 5.01 Å². The number of aromatic nitrogens is 2. The summed E-state index contributed by atoms with van der Waals surface area (Å²) in [5, 5.41) is 12.5. The Morgan fingerprint density at radius 3 is 2.73 bits per heavy atom. The first-order chi connectivity index (χ1) is 10.6. The Balaban J connectivity index is 1.80. The van der Waals surface area contributed by atoms with Crippen molar-refractivity contribution in [2.24, 2.45) is 0 Å². The largest absolute Gasteiger partial charge is 0.296 e. The van der Waals surface area contributed by atoms with Gasteiger partial charge in [0, 0.05) is 15.6 Å². The second-order valence-electron chi connectivity index (χ2n) is 4.36. The second kappa shape index (κ2) is 6.56. The summed E-state index contributed by atoms with van der Waals surface area (Å²) >= 11 is 10.7. The number of halogens is 2. The summed E-state index contributed by atoms with van der Waals surface area (Å²) in [6, 6.07) is 14.5. The fraction of sp³-hybridized carbons (Fsp3) is 0. The summed E-state index contributed by atoms with van der Waals surface area (Å²) in [5.74, 6) is -0.233. The molecule has 0 radical (unpaired) electrons. The number of carbonyl (C=O) groups excluding carboxylic acids is 1. The van der Waals surface area contributed by atoms with Crippen LogP contribution < -0.4 is 5.32 Å². The van der Waals surface area contributed by atoms with Gasteiger partial charge in [0.2, 0.25) is 5.13 Å². The van der Waals surface area contributed by atoms with Crippen molar-refractivity contribution in [1.29, 1.82) is 0 Å². The fourth-order valence-electron chi connectivity index (χ4n) is 1.82. The number of carbonyl (C=O) groups is 1. The van der Waals surface area contributed by atoms with E-state index in [9.17, 15) is 4.79 Å². The van der Waals surface area contributed by atoms with Crippen LogP contribution in [0.15, 0.2) is 53.0 Å². The zero-order valence-electron chi connectivity index (χ0n) is 11.1. The lowest BCUT2D eigenvalue weighted by molar-refractivity contribution is 0.102. The molecule has 3 rings (SSSR count). The number of amides is 1. The first kappa shape index (κ1) is 15.1. The zero-order chi connectivity index (χ0) is 15.5. The van der Waals surface area contributed by atoms with Crippen LogP contribution in [-0.4, -0.2) is 16.1 Å². The number of anilines is 1. The maximum absolute atomic E-state index is 12.2. The van der Waals surface area contributed by atoms with Gasteiger partial charge < -0.3 is 0 Å². The second-order valence-corrected chi connectivity index (χ2v) is 6.66. The van der Waals surface area contributed by atoms with E-state index >= 15 is 0 Å². The highest BCUT2D eigenvalue weighted by molar-refractivity contribution is 9.10. The molecule has 0 bridgehead atoms. The van der Waals surface area contributed by atoms with Crippen LogP contribution in [-0.2, 0) is 0 Å². The number of hydrogen-bond donors (Lipinski definition) is 1. The fourth-order valence-corrected chi connectivity index (χ4v) is 3.27. The molecule has 0 saturated carbocycles. The van der Waals surface area contributed by atoms with Crippen LogP contribution in [0.2, 0.25) is 5.02 Å². The number of rotatable bonds is 3. The van der Waals surface area contributed by atoms with Crippen molar-refractivity contribution in [1.82, 2.24) is 10.2 Å². The predicted octanol–water partition coefficient (Wildman–Crippen LogP) is 4.87. The van der Waals surface area contributed by atoms with E-state index in [0.717, 1.165) is 10.0 Å². The van der Waals surface area contributed by atoms with Gasteiger partial charge in [-0.05, 0) is 24.3 Å². The van der Waals surface area contributed by atoms with Gasteiger partial charge in [0.05, 0.1) is 5.02 Å². The van der Waals surface area contributed by atoms with Gasteiger partial charge in [-0.3, -0.25) is 10.1 Å². The van der Waals surface area contributed by atoms with Crippen LogP contribution in [0.5, 0.6) is 0 Å². The van der Waals surface area contributed by atoms with Crippen LogP contribution in [0.4, 0.5) is 5.13 Å². The monoisotopic (exact) mass is 393 g/mol. The van der Waals surface area contributed by atoms with Crippen LogP contribution in [0.3, 0.4) is 0 Å². The normalized spacial score (nSPS) is 10.5. The highest BCUT2D eigenvalue weighted by Gasteiger charge is 2.13. The van der Waals surface area contributed by atoms with Crippen molar-refractivity contribution >= 4 is 49.9 Å². The molecule has 0 aliphatic rings. The summed E-state index contributed by atoms with van der Waals surface area (Å²) < 4.78 is 0.842. The van der Waals surface area contributed by atoms with Gasteiger partial charge >= 0.3 is 0 Å². The molecular formula is C15H9BrClN3OS. The predicted molar refractivity (Wildman–Crippen MR) is 92.5 cm³/mol. The highest BCUT2D eigenvalue weighted by atomic mass is 79.9. The smallest absolute Gasteiger partial charge is 0.257 e. The van der Waals surface area contributed by atoms with E-state index in [2.05, 4.69) is 31.4 Å². The van der Waals surface area contributed by atoms with Gasteiger partial charge in [-0.15, -0.1) is 10.2 Å². The third-order valence-electron chi connectivity index (χ3n) is 2.84. The molecule has 3 aromatic rings. The average molecular weight is 395 g/mol. The van der Waals surface area contributed by atoms with Crippen LogP contribution in [0.25, 0.3) is 10.6 Å². The van der Waals surface area contributed by atoms with Crippen LogP contribution >= 0.6 is 38.9 Å². The van der Waals surface area contributed by atoms with Crippen molar-refractivity contribution in [3.63, 3.8) is 0 Å². The lowest BCUT2D eigenvalue weighted by atomic mass is 10.2. The van der Waals surface area contributed by atoms with Gasteiger partial charge in [-0.2, -0.15) is 0 Å². The lowest BCUT2D eigenvalue weighted by Crippen LogP contribution is -2.11. The van der Waals surface area contributed by atoms with Crippen molar-refractivity contribution in [2.75, 3.05) is 5.32 Å². The van der Waals surface area contributed by atoms with E-state index in [4.69, 9.17) is 11.6 Å². The molecule has 0 saturated heterocycles. The molecule has 0 aliphatic heterocycles. The molecule has 4 nitrogen and oxygen atoms in total. The minimum Gasteiger partial charge on any atom is -0.296 e. The molecule has 0 unspecified atom stereocenters. The van der Waals surface area contributed by atoms with E-state index in [1.165, 1.54) is 11.3 Å². The van der Waals surface area contributed by atoms with Crippen LogP contribution in [0, 0.1) is 0 Å². The average Bonchev–Trinajstić information content (AvgIpc) is 2.96. The Bertz CT molecular complexity index is 837. The summed E-state index contributed by atoms with van der Waals surface area (Å²) in [4.78, 5) is 12.2. The van der Waals surface area contributed by atoms with E-state index in [0.29, 0.717) is 20.7 Å². The highest BCUT2D eigenvalue weighted by Crippen LogP contribution is 2.31. The Morgan fingerprint density at radius 2 is 1.95 bits per heavy atom. The molecule has 7 heteroatoms. The van der Waals surface area contributed by atoms with Gasteiger partial charge in [-0.1, -0.05) is 63.1 Å². The molecule has 1 heterocycles. The minimum absolute atomic E-state index is 0.233. The zero-order valence-corrected chi connectivity index (χ0v) is 14.2. The quantitative estimate of drug-likeness (QED) is 0.689. The molecule has 1 aromatic heterocycles. The third-order valence-corrected chi connectivity index (χ3v) is 4.53. The Morgan fingerprint density at radius 1 is 1.14 bits per heavy atom. The maximum atomic E-state index is 12.2. The molecule has 2 aromatic carbocycles. The van der Waals surface area contributed by atoms with E-state index in [1.54, 1.807) is 24.3 Å². The first-order valence-electron chi connectivity index (χ1n) is 6.29. The Labute approximate surface area is 144 Å². The summed E-state index contributed by atoms with van der Waals surface area (Å²) in [6.45, 7) is 0. The van der Waals surface area contributed by atoms with Crippen molar-refractivity contribution in [3.05, 3.63) is 63.6 Å². The number of nitrogens with zero attached hydrogens (tertiary/aromatic N) is 2. The van der Waals surface area contributed by atoms with Crippen LogP contribution in [0.1, 0.15) is 10.4 Å². The molecule has 0 atom stereocenters. The van der Waals surface area contributed by atoms with E-state index < -0.39 is 0 Å². The maximum Gasteiger partial charge on any atom is 0.257 e. The summed E-state index contributed by atoms with van der Waals surface area (Å²) in [7, 11) is 0.